The van der Waals surface area contributed by atoms with Crippen LogP contribution in [-0.2, 0) is 37.3 Å². The van der Waals surface area contributed by atoms with Gasteiger partial charge in [-0.2, -0.15) is 12.1 Å². The number of nitrogens with zero attached hydrogens (tertiary/aromatic N) is 4. The monoisotopic (exact) mass is 1060 g/mol. The first kappa shape index (κ1) is 43.9. The fraction of sp³-hybridized carbons (Fsp3) is 0.311. The zero-order chi connectivity index (χ0) is 45.1. The van der Waals surface area contributed by atoms with E-state index in [0.29, 0.717) is 23.3 Å². The van der Waals surface area contributed by atoms with Gasteiger partial charge in [-0.1, -0.05) is 125 Å². The molecule has 4 saturated carbocycles. The van der Waals surface area contributed by atoms with Gasteiger partial charge in [0.1, 0.15) is 5.82 Å². The molecule has 0 amide bonds. The van der Waals surface area contributed by atoms with Crippen LogP contribution >= 0.6 is 0 Å². The molecule has 4 bridgehead atoms. The predicted molar refractivity (Wildman–Crippen MR) is 271 cm³/mol. The van der Waals surface area contributed by atoms with E-state index in [2.05, 4.69) is 209 Å². The van der Waals surface area contributed by atoms with Crippen molar-refractivity contribution in [3.63, 3.8) is 0 Å². The molecular formula is C61H59N4OPt-3. The second-order valence-corrected chi connectivity index (χ2v) is 21.9. The molecule has 5 aliphatic rings. The Kier molecular flexibility index (Phi) is 10.7. The van der Waals surface area contributed by atoms with Gasteiger partial charge in [0.25, 0.3) is 0 Å². The third kappa shape index (κ3) is 7.17. The number of anilines is 4. The molecule has 0 saturated heterocycles. The molecule has 13 rings (SSSR count). The van der Waals surface area contributed by atoms with E-state index in [0.717, 1.165) is 51.1 Å². The van der Waals surface area contributed by atoms with Crippen molar-refractivity contribution in [2.45, 2.75) is 96.8 Å². The molecule has 5 nitrogen and oxygen atoms in total. The Hall–Kier alpha value is -5.64. The van der Waals surface area contributed by atoms with Crippen LogP contribution in [0.2, 0.25) is 0 Å². The molecular weight excluding hydrogens is 1000 g/mol. The van der Waals surface area contributed by atoms with Gasteiger partial charge >= 0.3 is 0 Å². The summed E-state index contributed by atoms with van der Waals surface area (Å²) in [6.45, 7) is 18.3. The zero-order valence-corrected chi connectivity index (χ0v) is 42.0. The summed E-state index contributed by atoms with van der Waals surface area (Å²) < 4.78 is 9.08. The first-order valence-electron chi connectivity index (χ1n) is 24.2. The summed E-state index contributed by atoms with van der Waals surface area (Å²) in [5, 5.41) is 2.30. The van der Waals surface area contributed by atoms with Crippen LogP contribution in [0, 0.1) is 49.4 Å². The van der Waals surface area contributed by atoms with Crippen LogP contribution < -0.4 is 14.5 Å². The Morgan fingerprint density at radius 3 is 1.93 bits per heavy atom. The summed E-state index contributed by atoms with van der Waals surface area (Å²) in [4.78, 5) is 9.79. The minimum atomic E-state index is -0.0623. The van der Waals surface area contributed by atoms with Gasteiger partial charge in [-0.15, -0.1) is 48.1 Å². The van der Waals surface area contributed by atoms with Crippen LogP contribution in [0.1, 0.15) is 101 Å². The Morgan fingerprint density at radius 1 is 0.612 bits per heavy atom. The number of benzene rings is 6. The Morgan fingerprint density at radius 2 is 1.24 bits per heavy atom. The topological polar surface area (TPSA) is 33.5 Å². The molecule has 342 valence electrons. The van der Waals surface area contributed by atoms with Crippen LogP contribution in [0.3, 0.4) is 0 Å². The van der Waals surface area contributed by atoms with E-state index in [-0.39, 0.29) is 37.3 Å². The van der Waals surface area contributed by atoms with E-state index in [1.165, 1.54) is 71.0 Å². The fourth-order valence-corrected chi connectivity index (χ4v) is 13.1. The molecule has 1 aliphatic heterocycles. The van der Waals surface area contributed by atoms with Crippen molar-refractivity contribution in [1.29, 1.82) is 0 Å². The average Bonchev–Trinajstić information content (AvgIpc) is 3.85. The Balaban J connectivity index is 0.00000494. The van der Waals surface area contributed by atoms with Crippen molar-refractivity contribution in [2.24, 2.45) is 23.7 Å². The summed E-state index contributed by atoms with van der Waals surface area (Å²) >= 11 is 0. The molecule has 3 heterocycles. The van der Waals surface area contributed by atoms with Crippen LogP contribution in [-0.4, -0.2) is 9.55 Å². The van der Waals surface area contributed by atoms with E-state index < -0.39 is 0 Å². The van der Waals surface area contributed by atoms with Gasteiger partial charge < -0.3 is 19.1 Å². The summed E-state index contributed by atoms with van der Waals surface area (Å²) in [5.74, 6) is 5.20. The molecule has 67 heavy (non-hydrogen) atoms. The summed E-state index contributed by atoms with van der Waals surface area (Å²) in [7, 11) is 0. The van der Waals surface area contributed by atoms with Gasteiger partial charge in [-0.3, -0.25) is 0 Å². The molecule has 4 aliphatic carbocycles. The number of aryl methyl sites for hydroxylation is 1. The second-order valence-electron chi connectivity index (χ2n) is 21.9. The van der Waals surface area contributed by atoms with E-state index in [1.807, 2.05) is 12.1 Å². The number of para-hydroxylation sites is 4. The third-order valence-corrected chi connectivity index (χ3v) is 15.7. The first-order chi connectivity index (χ1) is 31.8. The maximum Gasteiger partial charge on any atom is 0.135 e. The first-order valence-corrected chi connectivity index (χ1v) is 24.2. The maximum absolute atomic E-state index is 6.77. The number of hydrogen-bond acceptors (Lipinski definition) is 4. The molecule has 4 fully saturated rings. The molecule has 0 atom stereocenters. The van der Waals surface area contributed by atoms with Gasteiger partial charge in [0.2, 0.25) is 0 Å². The minimum absolute atomic E-state index is 0. The van der Waals surface area contributed by atoms with Crippen molar-refractivity contribution in [3.8, 4) is 17.3 Å². The molecule has 8 aromatic rings. The molecule has 6 aromatic carbocycles. The van der Waals surface area contributed by atoms with Crippen molar-refractivity contribution in [2.75, 3.05) is 9.80 Å². The van der Waals surface area contributed by atoms with Gasteiger partial charge in [-0.25, -0.2) is 4.98 Å². The second kappa shape index (κ2) is 16.3. The normalized spacial score (nSPS) is 22.1. The Labute approximate surface area is 411 Å². The third-order valence-electron chi connectivity index (χ3n) is 15.7. The predicted octanol–water partition coefficient (Wildman–Crippen LogP) is 15.6. The molecule has 0 spiro atoms. The SMILES string of the molecule is Cc1ccc(C2(c3ccnc(-n4c5[c-]c(Oc6[c-]c(N7[CH-]N(c8c(C(C)(C)C)cccc8C(C)(C)C)c8ccccc87)ccc6)ccc5c5ccccc54)c3)C3CC4CC(C3)CC2C4)cc1.[Pt]. The molecule has 2 aromatic heterocycles. The van der Waals surface area contributed by atoms with Gasteiger partial charge in [0.05, 0.1) is 0 Å². The number of hydrogen-bond donors (Lipinski definition) is 0. The van der Waals surface area contributed by atoms with Crippen molar-refractivity contribution >= 4 is 44.6 Å². The number of pyridine rings is 1. The standard InChI is InChI=1S/C61H59N4O.Pt/c1-39-22-24-42(25-23-39)61(44-31-40-30-41(33-44)34-45(61)32-40)43-28-29-62-57(35-43)65-53-19-9-8-16-49(53)50-27-26-48(37-56(50)65)66-47-15-12-14-46(36-47)63-38-64(55-21-11-10-20-54(55)63)58-51(59(2,3)4)17-13-18-52(58)60(5,6)7;/h8-29,35,38,40-41,44-45H,30-34H2,1-7H3;/q-3;. The quantitative estimate of drug-likeness (QED) is 0.149. The van der Waals surface area contributed by atoms with Crippen LogP contribution in [0.4, 0.5) is 22.7 Å². The summed E-state index contributed by atoms with van der Waals surface area (Å²) in [5.41, 5.74) is 13.1. The smallest absolute Gasteiger partial charge is 0.135 e. The van der Waals surface area contributed by atoms with Gasteiger partial charge in [0.15, 0.2) is 0 Å². The van der Waals surface area contributed by atoms with E-state index >= 15 is 0 Å². The van der Waals surface area contributed by atoms with E-state index in [9.17, 15) is 0 Å². The van der Waals surface area contributed by atoms with Crippen LogP contribution in [0.5, 0.6) is 11.5 Å². The number of ether oxygens (including phenoxy) is 1. The van der Waals surface area contributed by atoms with Crippen molar-refractivity contribution in [1.82, 2.24) is 9.55 Å². The molecule has 0 N–H and O–H groups in total. The van der Waals surface area contributed by atoms with Gasteiger partial charge in [0, 0.05) is 66.8 Å². The molecule has 0 unspecified atom stereocenters. The van der Waals surface area contributed by atoms with Crippen LogP contribution in [0.15, 0.2) is 140 Å². The van der Waals surface area contributed by atoms with Crippen LogP contribution in [0.25, 0.3) is 27.6 Å². The summed E-state index contributed by atoms with van der Waals surface area (Å²) in [6, 6.07) is 56.2. The number of aromatic nitrogens is 2. The average molecular weight is 1060 g/mol. The molecule has 6 heteroatoms. The largest absolute Gasteiger partial charge is 0.509 e. The van der Waals surface area contributed by atoms with E-state index in [1.54, 1.807) is 0 Å². The van der Waals surface area contributed by atoms with E-state index in [4.69, 9.17) is 9.72 Å². The maximum atomic E-state index is 6.77. The zero-order valence-electron chi connectivity index (χ0n) is 39.7. The number of fused-ring (bicyclic) bond motifs is 4. The van der Waals surface area contributed by atoms with Gasteiger partial charge in [-0.05, 0) is 132 Å². The fourth-order valence-electron chi connectivity index (χ4n) is 13.1. The Bertz CT molecular complexity index is 3110. The minimum Gasteiger partial charge on any atom is -0.509 e. The molecule has 0 radical (unpaired) electrons. The van der Waals surface area contributed by atoms with Crippen molar-refractivity contribution < 1.29 is 25.8 Å². The number of rotatable bonds is 7. The van der Waals surface area contributed by atoms with Crippen molar-refractivity contribution in [3.05, 3.63) is 186 Å². The summed E-state index contributed by atoms with van der Waals surface area (Å²) in [6.07, 6.45) is 8.79.